The lowest BCUT2D eigenvalue weighted by molar-refractivity contribution is 0.215. The minimum absolute atomic E-state index is 0.00243. The standard InChI is InChI=1S/C22H23N3O2/c1-16-5-8-22(24-13-16)27-19-9-11-25(14-19)21-7-6-17(12-18(21)15-26)20-4-2-3-10-23-20/h2-8,10,12-13,19,26H,9,11,14-15H2,1H3/t19-/m0/s1. The maximum atomic E-state index is 9.89. The number of rotatable bonds is 5. The minimum Gasteiger partial charge on any atom is -0.472 e. The van der Waals surface area contributed by atoms with Gasteiger partial charge in [-0.1, -0.05) is 18.2 Å². The average molecular weight is 361 g/mol. The van der Waals surface area contributed by atoms with Crippen molar-refractivity contribution in [3.63, 3.8) is 0 Å². The van der Waals surface area contributed by atoms with Gasteiger partial charge >= 0.3 is 0 Å². The van der Waals surface area contributed by atoms with Crippen LogP contribution in [0.2, 0.25) is 0 Å². The number of hydrogen-bond acceptors (Lipinski definition) is 5. The highest BCUT2D eigenvalue weighted by Crippen LogP contribution is 2.30. The third-order valence-electron chi connectivity index (χ3n) is 4.87. The molecule has 27 heavy (non-hydrogen) atoms. The van der Waals surface area contributed by atoms with Crippen LogP contribution in [0.1, 0.15) is 17.5 Å². The van der Waals surface area contributed by atoms with Crippen LogP contribution in [0, 0.1) is 6.92 Å². The molecule has 1 N–H and O–H groups in total. The number of anilines is 1. The molecule has 138 valence electrons. The van der Waals surface area contributed by atoms with Crippen molar-refractivity contribution in [2.45, 2.75) is 26.1 Å². The van der Waals surface area contributed by atoms with Crippen molar-refractivity contribution in [1.29, 1.82) is 0 Å². The first kappa shape index (κ1) is 17.5. The second kappa shape index (κ2) is 7.76. The van der Waals surface area contributed by atoms with E-state index >= 15 is 0 Å². The first-order chi connectivity index (χ1) is 13.2. The predicted molar refractivity (Wildman–Crippen MR) is 106 cm³/mol. The Balaban J connectivity index is 1.49. The van der Waals surface area contributed by atoms with Gasteiger partial charge in [0.2, 0.25) is 5.88 Å². The fourth-order valence-electron chi connectivity index (χ4n) is 3.45. The molecule has 1 atom stereocenters. The minimum atomic E-state index is -0.00243. The molecule has 1 aliphatic rings. The van der Waals surface area contributed by atoms with Gasteiger partial charge in [0, 0.05) is 48.2 Å². The molecule has 1 fully saturated rings. The number of benzene rings is 1. The maximum Gasteiger partial charge on any atom is 0.213 e. The largest absolute Gasteiger partial charge is 0.472 e. The first-order valence-corrected chi connectivity index (χ1v) is 9.22. The van der Waals surface area contributed by atoms with Gasteiger partial charge in [0.05, 0.1) is 18.8 Å². The van der Waals surface area contributed by atoms with E-state index in [-0.39, 0.29) is 12.7 Å². The van der Waals surface area contributed by atoms with Crippen molar-refractivity contribution in [2.75, 3.05) is 18.0 Å². The highest BCUT2D eigenvalue weighted by molar-refractivity contribution is 5.66. The van der Waals surface area contributed by atoms with Crippen molar-refractivity contribution in [1.82, 2.24) is 9.97 Å². The molecule has 0 aliphatic carbocycles. The summed E-state index contributed by atoms with van der Waals surface area (Å²) in [5, 5.41) is 9.89. The lowest BCUT2D eigenvalue weighted by Crippen LogP contribution is -2.25. The van der Waals surface area contributed by atoms with E-state index in [2.05, 4.69) is 27.0 Å². The molecule has 0 bridgehead atoms. The number of pyridine rings is 2. The summed E-state index contributed by atoms with van der Waals surface area (Å²) in [5.74, 6) is 0.667. The topological polar surface area (TPSA) is 58.5 Å². The van der Waals surface area contributed by atoms with Crippen molar-refractivity contribution >= 4 is 5.69 Å². The Bertz CT molecular complexity index is 897. The van der Waals surface area contributed by atoms with Crippen LogP contribution in [-0.4, -0.2) is 34.3 Å². The zero-order valence-corrected chi connectivity index (χ0v) is 15.4. The molecule has 3 heterocycles. The van der Waals surface area contributed by atoms with E-state index in [1.807, 2.05) is 49.5 Å². The predicted octanol–water partition coefficient (Wildman–Crippen LogP) is 3.60. The van der Waals surface area contributed by atoms with E-state index < -0.39 is 0 Å². The number of aryl methyl sites for hydroxylation is 1. The lowest BCUT2D eigenvalue weighted by atomic mass is 10.1. The zero-order valence-electron chi connectivity index (χ0n) is 15.4. The van der Waals surface area contributed by atoms with Crippen LogP contribution in [0.3, 0.4) is 0 Å². The molecule has 1 aliphatic heterocycles. The Hall–Kier alpha value is -2.92. The second-order valence-corrected chi connectivity index (χ2v) is 6.86. The summed E-state index contributed by atoms with van der Waals surface area (Å²) < 4.78 is 6.02. The maximum absolute atomic E-state index is 9.89. The van der Waals surface area contributed by atoms with Crippen molar-refractivity contribution < 1.29 is 9.84 Å². The molecule has 5 nitrogen and oxygen atoms in total. The monoisotopic (exact) mass is 361 g/mol. The van der Waals surface area contributed by atoms with Gasteiger partial charge in [-0.3, -0.25) is 4.98 Å². The molecule has 1 aromatic carbocycles. The van der Waals surface area contributed by atoms with E-state index in [0.29, 0.717) is 5.88 Å². The molecule has 5 heteroatoms. The van der Waals surface area contributed by atoms with E-state index in [4.69, 9.17) is 4.74 Å². The van der Waals surface area contributed by atoms with E-state index in [9.17, 15) is 5.11 Å². The Morgan fingerprint density at radius 2 is 2.07 bits per heavy atom. The number of nitrogens with zero attached hydrogens (tertiary/aromatic N) is 3. The third-order valence-corrected chi connectivity index (χ3v) is 4.87. The fourth-order valence-corrected chi connectivity index (χ4v) is 3.45. The number of aliphatic hydroxyl groups excluding tert-OH is 1. The van der Waals surface area contributed by atoms with Gasteiger partial charge in [-0.25, -0.2) is 4.98 Å². The summed E-state index contributed by atoms with van der Waals surface area (Å²) in [6, 6.07) is 15.9. The van der Waals surface area contributed by atoms with Gasteiger partial charge in [0.1, 0.15) is 6.10 Å². The van der Waals surface area contributed by atoms with Crippen LogP contribution < -0.4 is 9.64 Å². The van der Waals surface area contributed by atoms with Crippen LogP contribution >= 0.6 is 0 Å². The summed E-state index contributed by atoms with van der Waals surface area (Å²) in [6.07, 6.45) is 4.64. The highest BCUT2D eigenvalue weighted by atomic mass is 16.5. The van der Waals surface area contributed by atoms with Gasteiger partial charge < -0.3 is 14.7 Å². The molecule has 3 aromatic rings. The van der Waals surface area contributed by atoms with Gasteiger partial charge in [0.25, 0.3) is 0 Å². The molecular weight excluding hydrogens is 338 g/mol. The summed E-state index contributed by atoms with van der Waals surface area (Å²) >= 11 is 0. The number of aromatic nitrogens is 2. The van der Waals surface area contributed by atoms with Crippen LogP contribution in [0.5, 0.6) is 5.88 Å². The molecule has 0 amide bonds. The molecule has 4 rings (SSSR count). The Morgan fingerprint density at radius 1 is 1.15 bits per heavy atom. The van der Waals surface area contributed by atoms with Crippen LogP contribution in [0.25, 0.3) is 11.3 Å². The molecule has 0 unspecified atom stereocenters. The highest BCUT2D eigenvalue weighted by Gasteiger charge is 2.26. The summed E-state index contributed by atoms with van der Waals surface area (Å²) in [7, 11) is 0. The Morgan fingerprint density at radius 3 is 2.81 bits per heavy atom. The number of ether oxygens (including phenoxy) is 1. The molecule has 1 saturated heterocycles. The smallest absolute Gasteiger partial charge is 0.213 e. The molecule has 2 aromatic heterocycles. The summed E-state index contributed by atoms with van der Waals surface area (Å²) in [6.45, 7) is 3.69. The van der Waals surface area contributed by atoms with Gasteiger partial charge in [0.15, 0.2) is 0 Å². The van der Waals surface area contributed by atoms with Crippen molar-refractivity contribution in [2.24, 2.45) is 0 Å². The summed E-state index contributed by atoms with van der Waals surface area (Å²) in [5.41, 5.74) is 5.01. The van der Waals surface area contributed by atoms with Gasteiger partial charge in [-0.05, 0) is 36.8 Å². The number of hydrogen-bond donors (Lipinski definition) is 1. The van der Waals surface area contributed by atoms with E-state index in [1.54, 1.807) is 6.20 Å². The van der Waals surface area contributed by atoms with E-state index in [1.165, 1.54) is 0 Å². The van der Waals surface area contributed by atoms with Crippen LogP contribution in [0.15, 0.2) is 60.9 Å². The molecule has 0 spiro atoms. The van der Waals surface area contributed by atoms with Crippen molar-refractivity contribution in [3.8, 4) is 17.1 Å². The van der Waals surface area contributed by atoms with Gasteiger partial charge in [-0.15, -0.1) is 0 Å². The van der Waals surface area contributed by atoms with Crippen LogP contribution in [0.4, 0.5) is 5.69 Å². The quantitative estimate of drug-likeness (QED) is 0.752. The van der Waals surface area contributed by atoms with E-state index in [0.717, 1.165) is 47.6 Å². The molecule has 0 saturated carbocycles. The molecular formula is C22H23N3O2. The Kier molecular flexibility index (Phi) is 5.03. The average Bonchev–Trinajstić information content (AvgIpc) is 3.18. The lowest BCUT2D eigenvalue weighted by Gasteiger charge is -2.22. The van der Waals surface area contributed by atoms with Crippen LogP contribution in [-0.2, 0) is 6.61 Å². The zero-order chi connectivity index (χ0) is 18.6. The Labute approximate surface area is 159 Å². The SMILES string of the molecule is Cc1ccc(O[C@H]2CCN(c3ccc(-c4ccccn4)cc3CO)C2)nc1. The second-order valence-electron chi connectivity index (χ2n) is 6.86. The summed E-state index contributed by atoms with van der Waals surface area (Å²) in [4.78, 5) is 11.0. The fraction of sp³-hybridized carbons (Fsp3) is 0.273. The van der Waals surface area contributed by atoms with Crippen molar-refractivity contribution in [3.05, 3.63) is 72.1 Å². The first-order valence-electron chi connectivity index (χ1n) is 9.22. The van der Waals surface area contributed by atoms with Gasteiger partial charge in [-0.2, -0.15) is 0 Å². The number of aliphatic hydroxyl groups is 1. The third kappa shape index (κ3) is 3.93. The normalized spacial score (nSPS) is 16.5. The molecule has 0 radical (unpaired) electrons.